The van der Waals surface area contributed by atoms with Crippen LogP contribution in [0, 0.1) is 0 Å². The molecule has 2 aromatic carbocycles. The van der Waals surface area contributed by atoms with Crippen molar-refractivity contribution in [2.75, 3.05) is 14.2 Å². The maximum Gasteiger partial charge on any atom is 0.217 e. The van der Waals surface area contributed by atoms with E-state index in [1.165, 1.54) is 4.31 Å². The minimum atomic E-state index is -3.73. The zero-order valence-corrected chi connectivity index (χ0v) is 20.3. The van der Waals surface area contributed by atoms with Gasteiger partial charge < -0.3 is 14.6 Å². The van der Waals surface area contributed by atoms with Gasteiger partial charge in [0.05, 0.1) is 25.1 Å². The molecule has 0 fully saturated rings. The molecule has 0 saturated heterocycles. The van der Waals surface area contributed by atoms with Crippen LogP contribution in [0.3, 0.4) is 0 Å². The van der Waals surface area contributed by atoms with Crippen LogP contribution in [-0.2, 0) is 23.1 Å². The number of sulfonamides is 1. The average molecular weight is 462 g/mol. The minimum Gasteiger partial charge on any atom is -0.497 e. The van der Waals surface area contributed by atoms with Crippen LogP contribution in [0.25, 0.3) is 0 Å². The quantitative estimate of drug-likeness (QED) is 0.444. The first-order valence-electron chi connectivity index (χ1n) is 10.7. The monoisotopic (exact) mass is 461 g/mol. The summed E-state index contributed by atoms with van der Waals surface area (Å²) in [5.74, 6) is 1.42. The lowest BCUT2D eigenvalue weighted by Crippen LogP contribution is -2.41. The van der Waals surface area contributed by atoms with Crippen LogP contribution in [0.2, 0.25) is 0 Å². The zero-order valence-electron chi connectivity index (χ0n) is 19.5. The van der Waals surface area contributed by atoms with Crippen LogP contribution in [0.15, 0.2) is 61.2 Å². The molecule has 0 bridgehead atoms. The van der Waals surface area contributed by atoms with Gasteiger partial charge >= 0.3 is 0 Å². The number of methoxy groups -OCH3 is 2. The maximum absolute atomic E-state index is 13.8. The Hall–Kier alpha value is -2.35. The van der Waals surface area contributed by atoms with Crippen molar-refractivity contribution < 1.29 is 23.0 Å². The minimum absolute atomic E-state index is 0.144. The van der Waals surface area contributed by atoms with E-state index >= 15 is 0 Å². The van der Waals surface area contributed by atoms with Gasteiger partial charge in [0.25, 0.3) is 0 Å². The third-order valence-corrected chi connectivity index (χ3v) is 7.46. The lowest BCUT2D eigenvalue weighted by molar-refractivity contribution is 0.0685. The molecule has 0 aromatic heterocycles. The molecule has 1 atom stereocenters. The fourth-order valence-electron chi connectivity index (χ4n) is 3.53. The Bertz CT molecular complexity index is 898. The van der Waals surface area contributed by atoms with Crippen molar-refractivity contribution >= 4 is 10.0 Å². The van der Waals surface area contributed by atoms with Crippen LogP contribution in [0.5, 0.6) is 11.5 Å². The van der Waals surface area contributed by atoms with Crippen LogP contribution in [-0.4, -0.2) is 42.9 Å². The summed E-state index contributed by atoms with van der Waals surface area (Å²) in [7, 11) is -0.546. The molecule has 32 heavy (non-hydrogen) atoms. The lowest BCUT2D eigenvalue weighted by Gasteiger charge is -2.31. The third-order valence-electron chi connectivity index (χ3n) is 5.24. The molecule has 0 saturated carbocycles. The SMILES string of the molecule is C=CCC[C@@H](CC(C)(C)O)S(=O)(=O)N(Cc1ccc(OC)cc1)Cc1ccc(OC)cc1. The van der Waals surface area contributed by atoms with Crippen LogP contribution < -0.4 is 9.47 Å². The van der Waals surface area contributed by atoms with Crippen molar-refractivity contribution in [3.8, 4) is 11.5 Å². The Kier molecular flexibility index (Phi) is 9.31. The number of aliphatic hydroxyl groups is 1. The molecule has 176 valence electrons. The van der Waals surface area contributed by atoms with Crippen molar-refractivity contribution in [1.29, 1.82) is 0 Å². The molecule has 0 unspecified atom stereocenters. The topological polar surface area (TPSA) is 76.1 Å². The van der Waals surface area contributed by atoms with Gasteiger partial charge in [0, 0.05) is 13.1 Å². The van der Waals surface area contributed by atoms with Crippen molar-refractivity contribution in [3.05, 3.63) is 72.3 Å². The predicted octanol–water partition coefficient (Wildman–Crippen LogP) is 4.53. The van der Waals surface area contributed by atoms with E-state index in [-0.39, 0.29) is 19.5 Å². The second-order valence-electron chi connectivity index (χ2n) is 8.51. The number of benzene rings is 2. The molecule has 2 rings (SSSR count). The highest BCUT2D eigenvalue weighted by molar-refractivity contribution is 7.89. The van der Waals surface area contributed by atoms with Gasteiger partial charge in [-0.3, -0.25) is 0 Å². The zero-order chi connectivity index (χ0) is 23.8. The summed E-state index contributed by atoms with van der Waals surface area (Å²) >= 11 is 0. The first-order valence-corrected chi connectivity index (χ1v) is 12.2. The van der Waals surface area contributed by atoms with Gasteiger partial charge in [0.2, 0.25) is 10.0 Å². The molecule has 7 heteroatoms. The molecule has 0 aliphatic heterocycles. The summed E-state index contributed by atoms with van der Waals surface area (Å²) < 4.78 is 39.5. The fourth-order valence-corrected chi connectivity index (χ4v) is 5.67. The number of hydrogen-bond donors (Lipinski definition) is 1. The van der Waals surface area contributed by atoms with E-state index < -0.39 is 20.9 Å². The van der Waals surface area contributed by atoms with E-state index in [0.717, 1.165) is 11.1 Å². The molecule has 0 aliphatic rings. The smallest absolute Gasteiger partial charge is 0.217 e. The van der Waals surface area contributed by atoms with Crippen molar-refractivity contribution in [3.63, 3.8) is 0 Å². The number of ether oxygens (including phenoxy) is 2. The number of nitrogens with zero attached hydrogens (tertiary/aromatic N) is 1. The van der Waals surface area contributed by atoms with Crippen LogP contribution in [0.1, 0.15) is 44.2 Å². The van der Waals surface area contributed by atoms with Crippen molar-refractivity contribution in [2.24, 2.45) is 0 Å². The molecule has 0 radical (unpaired) electrons. The molecule has 0 spiro atoms. The van der Waals surface area contributed by atoms with E-state index in [9.17, 15) is 13.5 Å². The second-order valence-corrected chi connectivity index (χ2v) is 10.7. The first-order chi connectivity index (χ1) is 15.1. The molecule has 2 aromatic rings. The summed E-state index contributed by atoms with van der Waals surface area (Å²) in [6.07, 6.45) is 2.81. The lowest BCUT2D eigenvalue weighted by atomic mass is 10.0. The summed E-state index contributed by atoms with van der Waals surface area (Å²) in [6.45, 7) is 7.44. The number of allylic oxidation sites excluding steroid dienone is 1. The Morgan fingerprint density at radius 3 is 1.75 bits per heavy atom. The molecular formula is C25H35NO5S. The van der Waals surface area contributed by atoms with Gasteiger partial charge in [-0.05, 0) is 68.5 Å². The standard InChI is InChI=1S/C25H35NO5S/c1-6-7-8-24(17-25(2,3)27)32(28,29)26(18-20-9-13-22(30-4)14-10-20)19-21-11-15-23(31-5)16-12-21/h6,9-16,24,27H,1,7-8,17-19H2,2-5H3/t24-/m0/s1. The van der Waals surface area contributed by atoms with E-state index in [2.05, 4.69) is 6.58 Å². The van der Waals surface area contributed by atoms with Crippen molar-refractivity contribution in [1.82, 2.24) is 4.31 Å². The highest BCUT2D eigenvalue weighted by Crippen LogP contribution is 2.27. The van der Waals surface area contributed by atoms with Gasteiger partial charge in [-0.15, -0.1) is 6.58 Å². The molecule has 6 nitrogen and oxygen atoms in total. The van der Waals surface area contributed by atoms with E-state index in [1.807, 2.05) is 48.5 Å². The first kappa shape index (κ1) is 25.9. The van der Waals surface area contributed by atoms with Gasteiger partial charge in [-0.25, -0.2) is 8.42 Å². The van der Waals surface area contributed by atoms with E-state index in [1.54, 1.807) is 34.1 Å². The largest absolute Gasteiger partial charge is 0.497 e. The third kappa shape index (κ3) is 7.65. The Morgan fingerprint density at radius 2 is 1.41 bits per heavy atom. The Balaban J connectivity index is 2.40. The maximum atomic E-state index is 13.8. The summed E-state index contributed by atoms with van der Waals surface area (Å²) in [6, 6.07) is 14.7. The average Bonchev–Trinajstić information content (AvgIpc) is 2.76. The van der Waals surface area contributed by atoms with Gasteiger partial charge in [-0.2, -0.15) is 4.31 Å². The van der Waals surface area contributed by atoms with Gasteiger partial charge in [0.15, 0.2) is 0 Å². The van der Waals surface area contributed by atoms with E-state index in [0.29, 0.717) is 24.3 Å². The summed E-state index contributed by atoms with van der Waals surface area (Å²) in [5, 5.41) is 9.67. The fraction of sp³-hybridized carbons (Fsp3) is 0.440. The normalized spacial score (nSPS) is 13.1. The van der Waals surface area contributed by atoms with Gasteiger partial charge in [0.1, 0.15) is 11.5 Å². The molecule has 1 N–H and O–H groups in total. The number of hydrogen-bond acceptors (Lipinski definition) is 5. The van der Waals surface area contributed by atoms with Crippen LogP contribution in [0.4, 0.5) is 0 Å². The summed E-state index contributed by atoms with van der Waals surface area (Å²) in [4.78, 5) is 0. The summed E-state index contributed by atoms with van der Waals surface area (Å²) in [5.41, 5.74) is 0.604. The molecular weight excluding hydrogens is 426 g/mol. The van der Waals surface area contributed by atoms with Crippen LogP contribution >= 0.6 is 0 Å². The predicted molar refractivity (Wildman–Crippen MR) is 128 cm³/mol. The highest BCUT2D eigenvalue weighted by atomic mass is 32.2. The molecule has 0 heterocycles. The Morgan fingerprint density at radius 1 is 0.969 bits per heavy atom. The van der Waals surface area contributed by atoms with E-state index in [4.69, 9.17) is 9.47 Å². The molecule has 0 aliphatic carbocycles. The Labute approximate surface area is 192 Å². The van der Waals surface area contributed by atoms with Crippen molar-refractivity contribution in [2.45, 2.75) is 57.1 Å². The number of rotatable bonds is 13. The highest BCUT2D eigenvalue weighted by Gasteiger charge is 2.35. The molecule has 0 amide bonds. The van der Waals surface area contributed by atoms with Gasteiger partial charge in [-0.1, -0.05) is 30.3 Å². The second kappa shape index (κ2) is 11.5.